The molecule has 6 rings (SSSR count). The number of benzene rings is 2. The van der Waals surface area contributed by atoms with Gasteiger partial charge in [0.15, 0.2) is 5.82 Å². The second kappa shape index (κ2) is 9.66. The van der Waals surface area contributed by atoms with Crippen LogP contribution >= 0.6 is 0 Å². The number of nitrogens with zero attached hydrogens (tertiary/aromatic N) is 3. The zero-order valence-corrected chi connectivity index (χ0v) is 23.3. The van der Waals surface area contributed by atoms with Crippen LogP contribution in [-0.2, 0) is 4.79 Å². The van der Waals surface area contributed by atoms with Gasteiger partial charge >= 0.3 is 5.97 Å². The fraction of sp³-hybridized carbons (Fsp3) is 0.419. The lowest BCUT2D eigenvalue weighted by Crippen LogP contribution is -2.43. The van der Waals surface area contributed by atoms with Gasteiger partial charge in [-0.15, -0.1) is 0 Å². The highest BCUT2D eigenvalue weighted by Gasteiger charge is 2.45. The Hall–Kier alpha value is -3.85. The molecule has 2 fully saturated rings. The number of H-pyrrole nitrogens is 1. The fourth-order valence-electron chi connectivity index (χ4n) is 6.04. The molecule has 2 saturated heterocycles. The van der Waals surface area contributed by atoms with Crippen LogP contribution in [0.15, 0.2) is 41.2 Å². The number of aromatic amines is 1. The Bertz CT molecular complexity index is 1700. The zero-order valence-electron chi connectivity index (χ0n) is 23.3. The number of aromatic nitrogens is 3. The van der Waals surface area contributed by atoms with Crippen molar-refractivity contribution in [2.45, 2.75) is 58.9 Å². The summed E-state index contributed by atoms with van der Waals surface area (Å²) in [5.74, 6) is -0.857. The maximum atomic E-state index is 16.3. The lowest BCUT2D eigenvalue weighted by atomic mass is 9.95. The van der Waals surface area contributed by atoms with Gasteiger partial charge in [0.05, 0.1) is 22.0 Å². The molecule has 0 atom stereocenters. The minimum Gasteiger partial charge on any atom is -0.463 e. The smallest absolute Gasteiger partial charge is 0.316 e. The van der Waals surface area contributed by atoms with Gasteiger partial charge in [0, 0.05) is 5.56 Å². The molecular weight excluding hydrogens is 511 g/mol. The van der Waals surface area contributed by atoms with Crippen molar-refractivity contribution in [1.82, 2.24) is 19.9 Å². The number of hydrogen-bond acceptors (Lipinski definition) is 7. The van der Waals surface area contributed by atoms with E-state index in [-0.39, 0.29) is 33.9 Å². The Morgan fingerprint density at radius 2 is 1.85 bits per heavy atom. The Balaban J connectivity index is 1.45. The molecule has 8 nitrogen and oxygen atoms in total. The number of pyridine rings is 1. The Morgan fingerprint density at radius 3 is 2.58 bits per heavy atom. The molecule has 0 saturated carbocycles. The standard InChI is InChI=1S/C31H33FN4O4/c1-18-23-26(34-29(35-27(23)37)39-17-31-11-7-13-36(31)14-8-12-31)24(32)25(33-18)22-16-20(40-28(38)30(2,3)4)15-19-9-5-6-10-21(19)22/h5-6,9-10,15-16H,7-8,11-14,17H2,1-4H3,(H,34,35,37). The summed E-state index contributed by atoms with van der Waals surface area (Å²) in [5, 5.41) is 1.57. The highest BCUT2D eigenvalue weighted by molar-refractivity contribution is 5.99. The molecule has 0 bridgehead atoms. The highest BCUT2D eigenvalue weighted by atomic mass is 19.1. The number of rotatable bonds is 5. The Labute approximate surface area is 231 Å². The third-order valence-electron chi connectivity index (χ3n) is 8.16. The predicted octanol–water partition coefficient (Wildman–Crippen LogP) is 5.54. The van der Waals surface area contributed by atoms with Gasteiger partial charge in [0.2, 0.25) is 0 Å². The first kappa shape index (κ1) is 26.4. The monoisotopic (exact) mass is 544 g/mol. The third-order valence-corrected chi connectivity index (χ3v) is 8.16. The Kier molecular flexibility index (Phi) is 6.37. The topological polar surface area (TPSA) is 97.4 Å². The van der Waals surface area contributed by atoms with Crippen molar-refractivity contribution in [3.63, 3.8) is 0 Å². The molecule has 0 amide bonds. The van der Waals surface area contributed by atoms with Crippen LogP contribution in [0, 0.1) is 18.2 Å². The van der Waals surface area contributed by atoms with E-state index in [1.165, 1.54) is 0 Å². The number of ether oxygens (including phenoxy) is 2. The molecule has 1 N–H and O–H groups in total. The minimum absolute atomic E-state index is 0.00112. The average molecular weight is 545 g/mol. The van der Waals surface area contributed by atoms with Crippen molar-refractivity contribution in [2.75, 3.05) is 19.7 Å². The van der Waals surface area contributed by atoms with Crippen LogP contribution in [-0.4, -0.2) is 51.1 Å². The van der Waals surface area contributed by atoms with Crippen LogP contribution in [0.3, 0.4) is 0 Å². The molecule has 0 spiro atoms. The van der Waals surface area contributed by atoms with Gasteiger partial charge in [-0.05, 0) is 89.4 Å². The van der Waals surface area contributed by atoms with Crippen LogP contribution in [0.5, 0.6) is 11.8 Å². The first-order valence-corrected chi connectivity index (χ1v) is 13.8. The lowest BCUT2D eigenvalue weighted by Gasteiger charge is -2.31. The van der Waals surface area contributed by atoms with Crippen molar-refractivity contribution >= 4 is 27.6 Å². The Morgan fingerprint density at radius 1 is 1.12 bits per heavy atom. The van der Waals surface area contributed by atoms with Crippen LogP contribution < -0.4 is 15.0 Å². The number of nitrogens with one attached hydrogen (secondary N) is 1. The van der Waals surface area contributed by atoms with E-state index >= 15 is 4.39 Å². The lowest BCUT2D eigenvalue weighted by molar-refractivity contribution is -0.142. The van der Waals surface area contributed by atoms with Gasteiger partial charge < -0.3 is 9.47 Å². The molecule has 2 aromatic heterocycles. The average Bonchev–Trinajstić information content (AvgIpc) is 3.49. The van der Waals surface area contributed by atoms with E-state index in [0.717, 1.165) is 49.5 Å². The quantitative estimate of drug-likeness (QED) is 0.260. The van der Waals surface area contributed by atoms with E-state index in [1.54, 1.807) is 39.8 Å². The van der Waals surface area contributed by atoms with Crippen LogP contribution in [0.4, 0.5) is 4.39 Å². The second-order valence-electron chi connectivity index (χ2n) is 12.0. The van der Waals surface area contributed by atoms with Crippen molar-refractivity contribution in [2.24, 2.45) is 5.41 Å². The number of carbonyl (C=O) groups excluding carboxylic acids is 1. The van der Waals surface area contributed by atoms with Crippen LogP contribution in [0.1, 0.15) is 52.1 Å². The number of aryl methyl sites for hydroxylation is 1. The zero-order chi connectivity index (χ0) is 28.2. The van der Waals surface area contributed by atoms with Gasteiger partial charge in [-0.3, -0.25) is 19.5 Å². The fourth-order valence-corrected chi connectivity index (χ4v) is 6.04. The summed E-state index contributed by atoms with van der Waals surface area (Å²) in [6.45, 7) is 9.45. The SMILES string of the molecule is Cc1nc(-c2cc(OC(=O)C(C)(C)C)cc3ccccc23)c(F)c2nc(OCC34CCCN3CCC4)[nH]c(=O)c12. The number of hydrogen-bond donors (Lipinski definition) is 1. The molecular formula is C31H33FN4O4. The van der Waals surface area contributed by atoms with E-state index in [0.29, 0.717) is 17.9 Å². The van der Waals surface area contributed by atoms with Crippen molar-refractivity contribution in [3.8, 4) is 23.0 Å². The van der Waals surface area contributed by atoms with Crippen molar-refractivity contribution < 1.29 is 18.7 Å². The first-order valence-electron chi connectivity index (χ1n) is 13.8. The van der Waals surface area contributed by atoms with E-state index < -0.39 is 22.8 Å². The summed E-state index contributed by atoms with van der Waals surface area (Å²) < 4.78 is 28.0. The summed E-state index contributed by atoms with van der Waals surface area (Å²) >= 11 is 0. The maximum Gasteiger partial charge on any atom is 0.316 e. The van der Waals surface area contributed by atoms with E-state index in [1.807, 2.05) is 24.3 Å². The number of carbonyl (C=O) groups is 1. The second-order valence-corrected chi connectivity index (χ2v) is 12.0. The van der Waals surface area contributed by atoms with Crippen molar-refractivity contribution in [3.05, 3.63) is 58.3 Å². The molecule has 4 heterocycles. The highest BCUT2D eigenvalue weighted by Crippen LogP contribution is 2.39. The molecule has 2 aliphatic heterocycles. The molecule has 0 aliphatic carbocycles. The molecule has 4 aromatic rings. The number of esters is 1. The first-order chi connectivity index (χ1) is 19.1. The van der Waals surface area contributed by atoms with Crippen LogP contribution in [0.25, 0.3) is 32.9 Å². The van der Waals surface area contributed by atoms with Gasteiger partial charge in [0.25, 0.3) is 11.6 Å². The molecule has 0 radical (unpaired) electrons. The molecule has 9 heteroatoms. The van der Waals surface area contributed by atoms with Gasteiger partial charge in [0.1, 0.15) is 23.6 Å². The predicted molar refractivity (Wildman–Crippen MR) is 151 cm³/mol. The molecule has 208 valence electrons. The van der Waals surface area contributed by atoms with E-state index in [2.05, 4.69) is 19.9 Å². The third kappa shape index (κ3) is 4.52. The molecule has 40 heavy (non-hydrogen) atoms. The maximum absolute atomic E-state index is 16.3. The summed E-state index contributed by atoms with van der Waals surface area (Å²) in [7, 11) is 0. The minimum atomic E-state index is -0.734. The molecule has 2 aliphatic rings. The summed E-state index contributed by atoms with van der Waals surface area (Å²) in [6.07, 6.45) is 4.31. The van der Waals surface area contributed by atoms with E-state index in [9.17, 15) is 9.59 Å². The van der Waals surface area contributed by atoms with Gasteiger partial charge in [-0.1, -0.05) is 24.3 Å². The van der Waals surface area contributed by atoms with E-state index in [4.69, 9.17) is 9.47 Å². The number of fused-ring (bicyclic) bond motifs is 3. The van der Waals surface area contributed by atoms with Gasteiger partial charge in [-0.2, -0.15) is 4.98 Å². The molecule has 0 unspecified atom stereocenters. The van der Waals surface area contributed by atoms with Gasteiger partial charge in [-0.25, -0.2) is 9.37 Å². The largest absolute Gasteiger partial charge is 0.463 e. The summed E-state index contributed by atoms with van der Waals surface area (Å²) in [6, 6.07) is 10.8. The number of halogens is 1. The summed E-state index contributed by atoms with van der Waals surface area (Å²) in [4.78, 5) is 39.8. The van der Waals surface area contributed by atoms with Crippen LogP contribution in [0.2, 0.25) is 0 Å². The summed E-state index contributed by atoms with van der Waals surface area (Å²) in [5.41, 5.74) is -0.568. The normalized spacial score (nSPS) is 16.9. The molecule has 2 aromatic carbocycles. The van der Waals surface area contributed by atoms with Crippen molar-refractivity contribution in [1.29, 1.82) is 0 Å².